The molecule has 2 fully saturated rings. The normalized spacial score (nSPS) is 28.3. The van der Waals surface area contributed by atoms with Crippen LogP contribution in [0.2, 0.25) is 0 Å². The summed E-state index contributed by atoms with van der Waals surface area (Å²) in [6.07, 6.45) is 3.21. The Hall–Kier alpha value is -1.61. The number of hydrogen-bond donors (Lipinski definition) is 1. The summed E-state index contributed by atoms with van der Waals surface area (Å²) in [6, 6.07) is 1.82. The molecular formula is C14H20N2O4. The predicted octanol–water partition coefficient (Wildman–Crippen LogP) is 1.16. The molecule has 0 spiro atoms. The van der Waals surface area contributed by atoms with Crippen molar-refractivity contribution in [3.05, 3.63) is 0 Å². The highest BCUT2D eigenvalue weighted by Crippen LogP contribution is 2.41. The molecule has 0 aromatic rings. The lowest BCUT2D eigenvalue weighted by Crippen LogP contribution is -2.45. The second kappa shape index (κ2) is 5.80. The maximum Gasteiger partial charge on any atom is 0.305 e. The minimum atomic E-state index is -0.945. The number of hydrogen-bond acceptors (Lipinski definition) is 4. The number of carboxylic acid groups (broad SMARTS) is 1. The summed E-state index contributed by atoms with van der Waals surface area (Å²) in [7, 11) is 1.56. The summed E-state index contributed by atoms with van der Waals surface area (Å²) < 4.78 is 5.26. The standard InChI is InChI=1S/C14H20N2O4/c1-20-11-6-10(7-12(17)18)16(8-11)13(19)14(9-15)4-2-3-5-14/h10-11H,2-8H2,1H3,(H,17,18). The van der Waals surface area contributed by atoms with Gasteiger partial charge in [-0.1, -0.05) is 12.8 Å². The summed E-state index contributed by atoms with van der Waals surface area (Å²) in [5.41, 5.74) is -0.945. The Morgan fingerprint density at radius 3 is 2.60 bits per heavy atom. The first-order valence-electron chi connectivity index (χ1n) is 6.99. The molecule has 20 heavy (non-hydrogen) atoms. The van der Waals surface area contributed by atoms with E-state index in [1.807, 2.05) is 0 Å². The number of aliphatic carboxylic acids is 1. The average molecular weight is 280 g/mol. The summed E-state index contributed by atoms with van der Waals surface area (Å²) >= 11 is 0. The van der Waals surface area contributed by atoms with E-state index in [0.29, 0.717) is 25.8 Å². The van der Waals surface area contributed by atoms with E-state index in [4.69, 9.17) is 9.84 Å². The number of carboxylic acids is 1. The van der Waals surface area contributed by atoms with Crippen LogP contribution < -0.4 is 0 Å². The molecule has 6 nitrogen and oxygen atoms in total. The van der Waals surface area contributed by atoms with Crippen LogP contribution in [0.3, 0.4) is 0 Å². The zero-order chi connectivity index (χ0) is 14.8. The fraction of sp³-hybridized carbons (Fsp3) is 0.786. The highest BCUT2D eigenvalue weighted by atomic mass is 16.5. The van der Waals surface area contributed by atoms with Gasteiger partial charge in [0.15, 0.2) is 0 Å². The molecule has 1 aliphatic carbocycles. The van der Waals surface area contributed by atoms with Crippen molar-refractivity contribution in [3.8, 4) is 6.07 Å². The molecule has 110 valence electrons. The highest BCUT2D eigenvalue weighted by molar-refractivity contribution is 5.87. The lowest BCUT2D eigenvalue weighted by Gasteiger charge is -2.30. The van der Waals surface area contributed by atoms with Crippen molar-refractivity contribution >= 4 is 11.9 Å². The first kappa shape index (κ1) is 14.8. The number of likely N-dealkylation sites (tertiary alicyclic amines) is 1. The molecule has 0 bridgehead atoms. The third-order valence-electron chi connectivity index (χ3n) is 4.46. The van der Waals surface area contributed by atoms with Crippen molar-refractivity contribution < 1.29 is 19.4 Å². The van der Waals surface area contributed by atoms with E-state index in [2.05, 4.69) is 6.07 Å². The number of rotatable bonds is 4. The summed E-state index contributed by atoms with van der Waals surface area (Å²) in [6.45, 7) is 0.386. The minimum absolute atomic E-state index is 0.0902. The molecule has 2 atom stereocenters. The quantitative estimate of drug-likeness (QED) is 0.834. The van der Waals surface area contributed by atoms with Crippen molar-refractivity contribution in [1.82, 2.24) is 4.90 Å². The summed E-state index contributed by atoms with van der Waals surface area (Å²) in [4.78, 5) is 25.2. The third-order valence-corrected chi connectivity index (χ3v) is 4.46. The Kier molecular flexibility index (Phi) is 4.29. The van der Waals surface area contributed by atoms with Gasteiger partial charge in [-0.25, -0.2) is 0 Å². The molecule has 1 amide bonds. The van der Waals surface area contributed by atoms with Crippen LogP contribution >= 0.6 is 0 Å². The zero-order valence-electron chi connectivity index (χ0n) is 11.7. The first-order chi connectivity index (χ1) is 9.52. The van der Waals surface area contributed by atoms with Gasteiger partial charge in [-0.05, 0) is 19.3 Å². The Morgan fingerprint density at radius 2 is 2.10 bits per heavy atom. The van der Waals surface area contributed by atoms with E-state index < -0.39 is 11.4 Å². The van der Waals surface area contributed by atoms with Crippen molar-refractivity contribution in [2.24, 2.45) is 5.41 Å². The minimum Gasteiger partial charge on any atom is -0.481 e. The van der Waals surface area contributed by atoms with Crippen molar-refractivity contribution in [2.75, 3.05) is 13.7 Å². The van der Waals surface area contributed by atoms with Crippen LogP contribution in [0.15, 0.2) is 0 Å². The van der Waals surface area contributed by atoms with E-state index in [0.717, 1.165) is 12.8 Å². The molecule has 1 saturated heterocycles. The second-order valence-electron chi connectivity index (χ2n) is 5.70. The lowest BCUT2D eigenvalue weighted by molar-refractivity contribution is -0.143. The van der Waals surface area contributed by atoms with Crippen LogP contribution in [-0.4, -0.2) is 47.7 Å². The number of carbonyl (C=O) groups excluding carboxylic acids is 1. The van der Waals surface area contributed by atoms with E-state index in [9.17, 15) is 14.9 Å². The fourth-order valence-corrected chi connectivity index (χ4v) is 3.32. The molecule has 1 heterocycles. The molecule has 1 aliphatic heterocycles. The number of methoxy groups -OCH3 is 1. The second-order valence-corrected chi connectivity index (χ2v) is 5.70. The van der Waals surface area contributed by atoms with E-state index in [1.54, 1.807) is 12.0 Å². The number of amides is 1. The van der Waals surface area contributed by atoms with Gasteiger partial charge in [0.1, 0.15) is 5.41 Å². The van der Waals surface area contributed by atoms with Crippen LogP contribution in [0.25, 0.3) is 0 Å². The fourth-order valence-electron chi connectivity index (χ4n) is 3.32. The Balaban J connectivity index is 2.17. The van der Waals surface area contributed by atoms with Crippen LogP contribution in [-0.2, 0) is 14.3 Å². The maximum absolute atomic E-state index is 12.7. The molecule has 6 heteroatoms. The number of nitrogens with zero attached hydrogens (tertiary/aromatic N) is 2. The van der Waals surface area contributed by atoms with Gasteiger partial charge < -0.3 is 14.7 Å². The number of carbonyl (C=O) groups is 2. The van der Waals surface area contributed by atoms with Crippen LogP contribution in [0, 0.1) is 16.7 Å². The largest absolute Gasteiger partial charge is 0.481 e. The Morgan fingerprint density at radius 1 is 1.45 bits per heavy atom. The molecular weight excluding hydrogens is 260 g/mol. The van der Waals surface area contributed by atoms with Crippen LogP contribution in [0.1, 0.15) is 38.5 Å². The zero-order valence-corrected chi connectivity index (χ0v) is 11.7. The van der Waals surface area contributed by atoms with Gasteiger partial charge in [0.2, 0.25) is 5.91 Å². The highest BCUT2D eigenvalue weighted by Gasteiger charge is 2.48. The Bertz CT molecular complexity index is 437. The number of nitriles is 1. The van der Waals surface area contributed by atoms with Crippen LogP contribution in [0.5, 0.6) is 0 Å². The van der Waals surface area contributed by atoms with Gasteiger partial charge in [-0.2, -0.15) is 5.26 Å². The van der Waals surface area contributed by atoms with Gasteiger partial charge in [0.05, 0.1) is 18.6 Å². The summed E-state index contributed by atoms with van der Waals surface area (Å²) in [5, 5.41) is 18.4. The third kappa shape index (κ3) is 2.63. The van der Waals surface area contributed by atoms with E-state index in [-0.39, 0.29) is 24.5 Å². The van der Waals surface area contributed by atoms with Gasteiger partial charge in [-0.3, -0.25) is 9.59 Å². The molecule has 1 N–H and O–H groups in total. The number of ether oxygens (including phenoxy) is 1. The van der Waals surface area contributed by atoms with Crippen LogP contribution in [0.4, 0.5) is 0 Å². The maximum atomic E-state index is 12.7. The summed E-state index contributed by atoms with van der Waals surface area (Å²) in [5.74, 6) is -1.13. The lowest BCUT2D eigenvalue weighted by atomic mass is 9.86. The topological polar surface area (TPSA) is 90.6 Å². The van der Waals surface area contributed by atoms with E-state index in [1.165, 1.54) is 0 Å². The van der Waals surface area contributed by atoms with Gasteiger partial charge in [0, 0.05) is 19.7 Å². The first-order valence-corrected chi connectivity index (χ1v) is 6.99. The molecule has 0 aromatic heterocycles. The molecule has 2 aliphatic rings. The van der Waals surface area contributed by atoms with Gasteiger partial charge in [-0.15, -0.1) is 0 Å². The molecule has 1 saturated carbocycles. The van der Waals surface area contributed by atoms with Gasteiger partial charge >= 0.3 is 5.97 Å². The van der Waals surface area contributed by atoms with Crippen molar-refractivity contribution in [2.45, 2.75) is 50.7 Å². The molecule has 2 rings (SSSR count). The predicted molar refractivity (Wildman–Crippen MR) is 69.7 cm³/mol. The SMILES string of the molecule is COC1CC(CC(=O)O)N(C(=O)C2(C#N)CCCC2)C1. The van der Waals surface area contributed by atoms with E-state index >= 15 is 0 Å². The molecule has 0 aromatic carbocycles. The smallest absolute Gasteiger partial charge is 0.305 e. The van der Waals surface area contributed by atoms with Crippen molar-refractivity contribution in [3.63, 3.8) is 0 Å². The Labute approximate surface area is 118 Å². The van der Waals surface area contributed by atoms with Gasteiger partial charge in [0.25, 0.3) is 0 Å². The van der Waals surface area contributed by atoms with Crippen molar-refractivity contribution in [1.29, 1.82) is 5.26 Å². The average Bonchev–Trinajstić information content (AvgIpc) is 3.04. The molecule has 2 unspecified atom stereocenters. The monoisotopic (exact) mass is 280 g/mol. The molecule has 0 radical (unpaired) electrons.